The lowest BCUT2D eigenvalue weighted by Gasteiger charge is -2.47. The molecular weight excluding hydrogens is 234 g/mol. The van der Waals surface area contributed by atoms with Gasteiger partial charge in [-0.25, -0.2) is 0 Å². The number of rotatable bonds is 3. The minimum atomic E-state index is 0.664. The highest BCUT2D eigenvalue weighted by Gasteiger charge is 2.37. The molecule has 0 radical (unpaired) electrons. The average molecular weight is 265 g/mol. The summed E-state index contributed by atoms with van der Waals surface area (Å²) in [7, 11) is 0. The summed E-state index contributed by atoms with van der Waals surface area (Å²) in [5.41, 5.74) is 6.07. The fourth-order valence-corrected chi connectivity index (χ4v) is 4.74. The maximum absolute atomic E-state index is 6.07. The van der Waals surface area contributed by atoms with Gasteiger partial charge in [0.15, 0.2) is 0 Å². The standard InChI is InChI=1S/C16H31N3/c1-2-13-5-9-19(16(10-13)12-17)15-6-8-18-7-3-4-14(18)11-15/h13-16H,2-12,17H2,1H3. The molecule has 4 unspecified atom stereocenters. The van der Waals surface area contributed by atoms with Gasteiger partial charge in [-0.15, -0.1) is 0 Å². The van der Waals surface area contributed by atoms with E-state index in [4.69, 9.17) is 5.73 Å². The molecule has 3 aliphatic rings. The number of nitrogens with two attached hydrogens (primary N) is 1. The quantitative estimate of drug-likeness (QED) is 0.848. The van der Waals surface area contributed by atoms with Crippen LogP contribution in [0.2, 0.25) is 0 Å². The van der Waals surface area contributed by atoms with Crippen LogP contribution in [0.3, 0.4) is 0 Å². The number of fused-ring (bicyclic) bond motifs is 1. The summed E-state index contributed by atoms with van der Waals surface area (Å²) in [4.78, 5) is 5.52. The van der Waals surface area contributed by atoms with Gasteiger partial charge in [0, 0.05) is 24.7 Å². The third kappa shape index (κ3) is 2.84. The summed E-state index contributed by atoms with van der Waals surface area (Å²) >= 11 is 0. The monoisotopic (exact) mass is 265 g/mol. The van der Waals surface area contributed by atoms with E-state index in [0.717, 1.165) is 24.5 Å². The van der Waals surface area contributed by atoms with Crippen LogP contribution in [0.15, 0.2) is 0 Å². The largest absolute Gasteiger partial charge is 0.329 e. The van der Waals surface area contributed by atoms with E-state index in [1.54, 1.807) is 0 Å². The second-order valence-corrected chi connectivity index (χ2v) is 6.94. The van der Waals surface area contributed by atoms with E-state index >= 15 is 0 Å². The zero-order valence-electron chi connectivity index (χ0n) is 12.6. The van der Waals surface area contributed by atoms with Crippen LogP contribution in [0.1, 0.15) is 51.9 Å². The molecule has 3 rings (SSSR count). The van der Waals surface area contributed by atoms with Crippen molar-refractivity contribution < 1.29 is 0 Å². The number of piperidine rings is 2. The molecule has 3 nitrogen and oxygen atoms in total. The van der Waals surface area contributed by atoms with Crippen LogP contribution in [-0.2, 0) is 0 Å². The van der Waals surface area contributed by atoms with Gasteiger partial charge >= 0.3 is 0 Å². The van der Waals surface area contributed by atoms with Gasteiger partial charge in [-0.3, -0.25) is 4.90 Å². The summed E-state index contributed by atoms with van der Waals surface area (Å²) in [5.74, 6) is 0.927. The summed E-state index contributed by atoms with van der Waals surface area (Å²) in [6, 6.07) is 2.38. The minimum absolute atomic E-state index is 0.664. The zero-order valence-corrected chi connectivity index (χ0v) is 12.6. The fraction of sp³-hybridized carbons (Fsp3) is 1.00. The molecule has 0 spiro atoms. The highest BCUT2D eigenvalue weighted by molar-refractivity contribution is 4.94. The Morgan fingerprint density at radius 2 is 1.89 bits per heavy atom. The van der Waals surface area contributed by atoms with Gasteiger partial charge in [-0.2, -0.15) is 0 Å². The Hall–Kier alpha value is -0.120. The number of hydrogen-bond acceptors (Lipinski definition) is 3. The van der Waals surface area contributed by atoms with Gasteiger partial charge in [0.2, 0.25) is 0 Å². The Labute approximate surface area is 118 Å². The van der Waals surface area contributed by atoms with E-state index in [2.05, 4.69) is 16.7 Å². The molecule has 4 atom stereocenters. The topological polar surface area (TPSA) is 32.5 Å². The Bertz CT molecular complexity index is 294. The van der Waals surface area contributed by atoms with E-state index < -0.39 is 0 Å². The summed E-state index contributed by atoms with van der Waals surface area (Å²) in [6.45, 7) is 7.19. The molecule has 3 saturated heterocycles. The lowest BCUT2D eigenvalue weighted by molar-refractivity contribution is 0.0248. The smallest absolute Gasteiger partial charge is 0.0224 e. The van der Waals surface area contributed by atoms with Gasteiger partial charge in [-0.05, 0) is 64.1 Å². The Morgan fingerprint density at radius 1 is 1.00 bits per heavy atom. The van der Waals surface area contributed by atoms with E-state index in [1.165, 1.54) is 64.6 Å². The van der Waals surface area contributed by atoms with Crippen LogP contribution in [0, 0.1) is 5.92 Å². The second kappa shape index (κ2) is 6.11. The highest BCUT2D eigenvalue weighted by atomic mass is 15.3. The first kappa shape index (κ1) is 13.8. The molecule has 0 saturated carbocycles. The molecule has 3 heteroatoms. The molecule has 0 aromatic heterocycles. The predicted octanol–water partition coefficient (Wildman–Crippen LogP) is 2.06. The van der Waals surface area contributed by atoms with Crippen LogP contribution in [0.4, 0.5) is 0 Å². The van der Waals surface area contributed by atoms with Gasteiger partial charge in [0.05, 0.1) is 0 Å². The summed E-state index contributed by atoms with van der Waals surface area (Å²) in [5, 5.41) is 0. The third-order valence-electron chi connectivity index (χ3n) is 5.98. The molecule has 0 amide bonds. The molecule has 3 fully saturated rings. The Morgan fingerprint density at radius 3 is 2.68 bits per heavy atom. The number of likely N-dealkylation sites (tertiary alicyclic amines) is 1. The molecule has 0 aliphatic carbocycles. The number of hydrogen-bond donors (Lipinski definition) is 1. The van der Waals surface area contributed by atoms with E-state index in [9.17, 15) is 0 Å². The van der Waals surface area contributed by atoms with Gasteiger partial charge in [-0.1, -0.05) is 13.3 Å². The lowest BCUT2D eigenvalue weighted by atomic mass is 9.85. The molecule has 0 bridgehead atoms. The first-order valence-electron chi connectivity index (χ1n) is 8.51. The molecule has 2 N–H and O–H groups in total. The van der Waals surface area contributed by atoms with Crippen LogP contribution in [-0.4, -0.2) is 54.1 Å². The number of nitrogens with zero attached hydrogens (tertiary/aromatic N) is 2. The average Bonchev–Trinajstić information content (AvgIpc) is 2.93. The normalized spacial score (nSPS) is 41.4. The Balaban J connectivity index is 1.61. The molecule has 0 aromatic rings. The first-order valence-corrected chi connectivity index (χ1v) is 8.51. The summed E-state index contributed by atoms with van der Waals surface area (Å²) < 4.78 is 0. The van der Waals surface area contributed by atoms with Crippen molar-refractivity contribution in [1.82, 2.24) is 9.80 Å². The maximum atomic E-state index is 6.07. The van der Waals surface area contributed by atoms with Gasteiger partial charge < -0.3 is 10.6 Å². The summed E-state index contributed by atoms with van der Waals surface area (Å²) in [6.07, 6.45) is 9.74. The van der Waals surface area contributed by atoms with Gasteiger partial charge in [0.1, 0.15) is 0 Å². The second-order valence-electron chi connectivity index (χ2n) is 6.94. The van der Waals surface area contributed by atoms with Crippen LogP contribution >= 0.6 is 0 Å². The van der Waals surface area contributed by atoms with Crippen molar-refractivity contribution in [2.45, 2.75) is 70.0 Å². The van der Waals surface area contributed by atoms with E-state index in [1.807, 2.05) is 0 Å². The first-order chi connectivity index (χ1) is 9.31. The van der Waals surface area contributed by atoms with Crippen molar-refractivity contribution in [2.75, 3.05) is 26.2 Å². The minimum Gasteiger partial charge on any atom is -0.329 e. The highest BCUT2D eigenvalue weighted by Crippen LogP contribution is 2.34. The van der Waals surface area contributed by atoms with E-state index in [0.29, 0.717) is 6.04 Å². The van der Waals surface area contributed by atoms with Crippen molar-refractivity contribution in [3.05, 3.63) is 0 Å². The van der Waals surface area contributed by atoms with Crippen molar-refractivity contribution in [2.24, 2.45) is 11.7 Å². The fourth-order valence-electron chi connectivity index (χ4n) is 4.74. The van der Waals surface area contributed by atoms with Crippen LogP contribution < -0.4 is 5.73 Å². The Kier molecular flexibility index (Phi) is 4.45. The van der Waals surface area contributed by atoms with Gasteiger partial charge in [0.25, 0.3) is 0 Å². The van der Waals surface area contributed by atoms with Crippen LogP contribution in [0.25, 0.3) is 0 Å². The molecule has 110 valence electrons. The van der Waals surface area contributed by atoms with Crippen LogP contribution in [0.5, 0.6) is 0 Å². The van der Waals surface area contributed by atoms with Crippen molar-refractivity contribution in [1.29, 1.82) is 0 Å². The molecule has 19 heavy (non-hydrogen) atoms. The molecule has 3 aliphatic heterocycles. The molecule has 0 aromatic carbocycles. The van der Waals surface area contributed by atoms with E-state index in [-0.39, 0.29) is 0 Å². The van der Waals surface area contributed by atoms with Crippen molar-refractivity contribution >= 4 is 0 Å². The van der Waals surface area contributed by atoms with Crippen molar-refractivity contribution in [3.63, 3.8) is 0 Å². The SMILES string of the molecule is CCC1CCN(C2CCN3CCCC3C2)C(CN)C1. The predicted molar refractivity (Wildman–Crippen MR) is 80.2 cm³/mol. The lowest BCUT2D eigenvalue weighted by Crippen LogP contribution is -2.55. The maximum Gasteiger partial charge on any atom is 0.0224 e. The zero-order chi connectivity index (χ0) is 13.2. The molecule has 3 heterocycles. The van der Waals surface area contributed by atoms with Crippen molar-refractivity contribution in [3.8, 4) is 0 Å². The third-order valence-corrected chi connectivity index (χ3v) is 5.98. The molecular formula is C16H31N3.